The first-order valence-electron chi connectivity index (χ1n) is 5.28. The lowest BCUT2D eigenvalue weighted by Gasteiger charge is -2.04. The van der Waals surface area contributed by atoms with Gasteiger partial charge in [-0.15, -0.1) is 0 Å². The van der Waals surface area contributed by atoms with Gasteiger partial charge in [0.15, 0.2) is 0 Å². The molecule has 4 heteroatoms. The topological polar surface area (TPSA) is 37.8 Å². The monoisotopic (exact) mass is 225 g/mol. The van der Waals surface area contributed by atoms with Crippen LogP contribution >= 0.6 is 11.8 Å². The van der Waals surface area contributed by atoms with Crippen molar-refractivity contribution < 1.29 is 0 Å². The molecule has 1 heterocycles. The van der Waals surface area contributed by atoms with Crippen LogP contribution in [0.15, 0.2) is 12.4 Å². The maximum Gasteiger partial charge on any atom is 0.144 e. The van der Waals surface area contributed by atoms with Crippen LogP contribution in [0, 0.1) is 5.92 Å². The van der Waals surface area contributed by atoms with Gasteiger partial charge in [0, 0.05) is 12.8 Å². The van der Waals surface area contributed by atoms with E-state index in [1.807, 2.05) is 25.0 Å². The fraction of sp³-hybridized carbons (Fsp3) is 0.636. The van der Waals surface area contributed by atoms with E-state index >= 15 is 0 Å². The van der Waals surface area contributed by atoms with E-state index < -0.39 is 0 Å². The first-order valence-corrected chi connectivity index (χ1v) is 6.44. The van der Waals surface area contributed by atoms with Crippen molar-refractivity contribution >= 4 is 17.6 Å². The van der Waals surface area contributed by atoms with Gasteiger partial charge in [-0.1, -0.05) is 13.8 Å². The predicted molar refractivity (Wildman–Crippen MR) is 67.2 cm³/mol. The summed E-state index contributed by atoms with van der Waals surface area (Å²) < 4.78 is 0. The van der Waals surface area contributed by atoms with Crippen molar-refractivity contribution in [3.63, 3.8) is 0 Å². The Morgan fingerprint density at radius 3 is 2.67 bits per heavy atom. The molecule has 0 saturated heterocycles. The van der Waals surface area contributed by atoms with Gasteiger partial charge < -0.3 is 5.32 Å². The molecule has 0 saturated carbocycles. The van der Waals surface area contributed by atoms with Crippen LogP contribution in [0.4, 0.5) is 5.82 Å². The number of aromatic nitrogens is 2. The van der Waals surface area contributed by atoms with Crippen LogP contribution in [-0.2, 0) is 5.75 Å². The first-order chi connectivity index (χ1) is 7.22. The highest BCUT2D eigenvalue weighted by atomic mass is 32.2. The number of hydrogen-bond donors (Lipinski definition) is 1. The second-order valence-electron chi connectivity index (χ2n) is 3.88. The van der Waals surface area contributed by atoms with Gasteiger partial charge in [0.2, 0.25) is 0 Å². The lowest BCUT2D eigenvalue weighted by molar-refractivity contribution is 0.632. The molecule has 0 spiro atoms. The van der Waals surface area contributed by atoms with Gasteiger partial charge in [-0.25, -0.2) is 4.98 Å². The van der Waals surface area contributed by atoms with E-state index in [0.717, 1.165) is 23.2 Å². The molecular weight excluding hydrogens is 206 g/mol. The Labute approximate surface area is 96.1 Å². The number of thioether (sulfide) groups is 1. The Hall–Kier alpha value is -0.770. The van der Waals surface area contributed by atoms with E-state index in [1.165, 1.54) is 12.2 Å². The SMILES string of the molecule is CNc1cnc(CSCCC(C)C)cn1. The Morgan fingerprint density at radius 2 is 2.13 bits per heavy atom. The zero-order chi connectivity index (χ0) is 11.1. The third-order valence-electron chi connectivity index (χ3n) is 2.05. The number of nitrogens with zero attached hydrogens (tertiary/aromatic N) is 2. The van der Waals surface area contributed by atoms with Gasteiger partial charge in [0.05, 0.1) is 18.1 Å². The Balaban J connectivity index is 2.25. The average molecular weight is 225 g/mol. The van der Waals surface area contributed by atoms with E-state index in [2.05, 4.69) is 29.1 Å². The predicted octanol–water partition coefficient (Wildman–Crippen LogP) is 2.80. The summed E-state index contributed by atoms with van der Waals surface area (Å²) in [6.45, 7) is 4.50. The van der Waals surface area contributed by atoms with E-state index in [0.29, 0.717) is 0 Å². The highest BCUT2D eigenvalue weighted by Gasteiger charge is 1.98. The number of anilines is 1. The first kappa shape index (κ1) is 12.3. The Kier molecular flexibility index (Phi) is 5.47. The molecule has 84 valence electrons. The molecule has 1 aromatic heterocycles. The normalized spacial score (nSPS) is 10.7. The van der Waals surface area contributed by atoms with Gasteiger partial charge in [-0.05, 0) is 18.1 Å². The van der Waals surface area contributed by atoms with Crippen molar-refractivity contribution in [2.75, 3.05) is 18.1 Å². The Morgan fingerprint density at radius 1 is 1.33 bits per heavy atom. The number of hydrogen-bond acceptors (Lipinski definition) is 4. The molecule has 0 radical (unpaired) electrons. The molecule has 1 N–H and O–H groups in total. The van der Waals surface area contributed by atoms with Crippen LogP contribution in [-0.4, -0.2) is 22.8 Å². The van der Waals surface area contributed by atoms with E-state index in [1.54, 1.807) is 6.20 Å². The minimum atomic E-state index is 0.787. The quantitative estimate of drug-likeness (QED) is 0.755. The van der Waals surface area contributed by atoms with Crippen LogP contribution < -0.4 is 5.32 Å². The van der Waals surface area contributed by atoms with Gasteiger partial charge in [-0.2, -0.15) is 11.8 Å². The molecule has 1 aromatic rings. The third kappa shape index (κ3) is 5.02. The minimum absolute atomic E-state index is 0.787. The molecule has 0 bridgehead atoms. The van der Waals surface area contributed by atoms with Crippen LogP contribution in [0.3, 0.4) is 0 Å². The maximum atomic E-state index is 4.32. The van der Waals surface area contributed by atoms with E-state index in [-0.39, 0.29) is 0 Å². The van der Waals surface area contributed by atoms with Crippen molar-refractivity contribution in [1.82, 2.24) is 9.97 Å². The maximum absolute atomic E-state index is 4.32. The fourth-order valence-corrected chi connectivity index (χ4v) is 2.19. The lowest BCUT2D eigenvalue weighted by Crippen LogP contribution is -1.96. The highest BCUT2D eigenvalue weighted by Crippen LogP contribution is 2.13. The average Bonchev–Trinajstić information content (AvgIpc) is 2.25. The molecule has 0 fully saturated rings. The molecule has 15 heavy (non-hydrogen) atoms. The van der Waals surface area contributed by atoms with Gasteiger partial charge in [0.25, 0.3) is 0 Å². The van der Waals surface area contributed by atoms with Crippen LogP contribution in [0.25, 0.3) is 0 Å². The zero-order valence-electron chi connectivity index (χ0n) is 9.66. The largest absolute Gasteiger partial charge is 0.372 e. The van der Waals surface area contributed by atoms with Crippen molar-refractivity contribution in [1.29, 1.82) is 0 Å². The van der Waals surface area contributed by atoms with Crippen LogP contribution in [0.5, 0.6) is 0 Å². The molecule has 0 aliphatic carbocycles. The Bertz CT molecular complexity index is 272. The summed E-state index contributed by atoms with van der Waals surface area (Å²) in [5.74, 6) is 3.78. The molecule has 0 atom stereocenters. The van der Waals surface area contributed by atoms with Crippen molar-refractivity contribution in [2.45, 2.75) is 26.0 Å². The van der Waals surface area contributed by atoms with E-state index in [4.69, 9.17) is 0 Å². The lowest BCUT2D eigenvalue weighted by atomic mass is 10.2. The smallest absolute Gasteiger partial charge is 0.144 e. The molecule has 3 nitrogen and oxygen atoms in total. The second kappa shape index (κ2) is 6.67. The zero-order valence-corrected chi connectivity index (χ0v) is 10.5. The standard InChI is InChI=1S/C11H19N3S/c1-9(2)4-5-15-8-10-6-14-11(12-3)7-13-10/h6-7,9H,4-5,8H2,1-3H3,(H,12,14). The molecule has 1 rings (SSSR count). The molecule has 0 unspecified atom stereocenters. The van der Waals surface area contributed by atoms with Gasteiger partial charge in [-0.3, -0.25) is 4.98 Å². The van der Waals surface area contributed by atoms with Crippen LogP contribution in [0.2, 0.25) is 0 Å². The van der Waals surface area contributed by atoms with Gasteiger partial charge >= 0.3 is 0 Å². The summed E-state index contributed by atoms with van der Waals surface area (Å²) in [6, 6.07) is 0. The summed E-state index contributed by atoms with van der Waals surface area (Å²) >= 11 is 1.93. The number of rotatable bonds is 6. The fourth-order valence-electron chi connectivity index (χ4n) is 1.05. The summed E-state index contributed by atoms with van der Waals surface area (Å²) in [6.07, 6.45) is 4.89. The van der Waals surface area contributed by atoms with Crippen molar-refractivity contribution in [2.24, 2.45) is 5.92 Å². The van der Waals surface area contributed by atoms with Crippen LogP contribution in [0.1, 0.15) is 26.0 Å². The highest BCUT2D eigenvalue weighted by molar-refractivity contribution is 7.98. The molecule has 0 aliphatic rings. The second-order valence-corrected chi connectivity index (χ2v) is 4.98. The summed E-state index contributed by atoms with van der Waals surface area (Å²) in [5.41, 5.74) is 1.06. The molecule has 0 aromatic carbocycles. The van der Waals surface area contributed by atoms with Crippen molar-refractivity contribution in [3.05, 3.63) is 18.1 Å². The summed E-state index contributed by atoms with van der Waals surface area (Å²) in [5, 5.41) is 2.96. The van der Waals surface area contributed by atoms with Crippen molar-refractivity contribution in [3.8, 4) is 0 Å². The molecular formula is C11H19N3S. The number of nitrogens with one attached hydrogen (secondary N) is 1. The van der Waals surface area contributed by atoms with E-state index in [9.17, 15) is 0 Å². The molecule has 0 aliphatic heterocycles. The summed E-state index contributed by atoms with van der Waals surface area (Å²) in [4.78, 5) is 8.54. The minimum Gasteiger partial charge on any atom is -0.372 e. The third-order valence-corrected chi connectivity index (χ3v) is 3.08. The summed E-state index contributed by atoms with van der Waals surface area (Å²) in [7, 11) is 1.85. The van der Waals surface area contributed by atoms with Gasteiger partial charge in [0.1, 0.15) is 5.82 Å². The molecule has 0 amide bonds.